The number of benzene rings is 2. The summed E-state index contributed by atoms with van der Waals surface area (Å²) >= 11 is 12.2. The number of halogens is 2. The molecular formula is C17H14Cl2N2O3. The van der Waals surface area contributed by atoms with Gasteiger partial charge in [-0.25, -0.2) is 0 Å². The number of hydrogen-bond acceptors (Lipinski definition) is 3. The highest BCUT2D eigenvalue weighted by atomic mass is 35.5. The Morgan fingerprint density at radius 2 is 2.08 bits per heavy atom. The minimum Gasteiger partial charge on any atom is -0.482 e. The average Bonchev–Trinajstić information content (AvgIpc) is 2.57. The number of nitrogens with zero attached hydrogens (tertiary/aromatic N) is 1. The number of carbonyl (C=O) groups is 2. The molecule has 0 fully saturated rings. The van der Waals surface area contributed by atoms with Gasteiger partial charge in [0.25, 0.3) is 11.8 Å². The Hall–Kier alpha value is -2.24. The van der Waals surface area contributed by atoms with Crippen molar-refractivity contribution in [2.45, 2.75) is 6.54 Å². The fraction of sp³-hybridized carbons (Fsp3) is 0.176. The molecule has 0 spiro atoms. The van der Waals surface area contributed by atoms with Crippen molar-refractivity contribution in [3.8, 4) is 5.75 Å². The summed E-state index contributed by atoms with van der Waals surface area (Å²) in [6.45, 7) is 0.269. The van der Waals surface area contributed by atoms with Crippen LogP contribution in [0.5, 0.6) is 5.75 Å². The molecule has 2 aromatic rings. The number of nitrogens with one attached hydrogen (secondary N) is 1. The molecule has 124 valence electrons. The van der Waals surface area contributed by atoms with Crippen LogP contribution in [-0.2, 0) is 11.3 Å². The summed E-state index contributed by atoms with van der Waals surface area (Å²) in [6.07, 6.45) is 0. The Labute approximate surface area is 149 Å². The molecule has 24 heavy (non-hydrogen) atoms. The van der Waals surface area contributed by atoms with E-state index in [9.17, 15) is 9.59 Å². The minimum absolute atomic E-state index is 0.0569. The number of anilines is 1. The first-order chi connectivity index (χ1) is 11.5. The van der Waals surface area contributed by atoms with E-state index in [4.69, 9.17) is 27.9 Å². The highest BCUT2D eigenvalue weighted by Crippen LogP contribution is 2.30. The standard InChI is InChI=1S/C17H14Cl2N2O3/c1-21(8-11-3-2-4-12(18)16(11)19)17(23)10-5-6-13-14(7-10)24-9-15(22)20-13/h2-7H,8-9H2,1H3,(H,20,22). The molecule has 1 aliphatic heterocycles. The first kappa shape index (κ1) is 16.6. The lowest BCUT2D eigenvalue weighted by molar-refractivity contribution is -0.118. The van der Waals surface area contributed by atoms with Crippen molar-refractivity contribution in [3.63, 3.8) is 0 Å². The molecular weight excluding hydrogens is 351 g/mol. The van der Waals surface area contributed by atoms with Crippen LogP contribution in [-0.4, -0.2) is 30.4 Å². The normalized spacial score (nSPS) is 12.9. The molecule has 0 atom stereocenters. The topological polar surface area (TPSA) is 58.6 Å². The van der Waals surface area contributed by atoms with E-state index in [-0.39, 0.29) is 18.4 Å². The van der Waals surface area contributed by atoms with Crippen molar-refractivity contribution in [1.82, 2.24) is 4.90 Å². The number of hydrogen-bond donors (Lipinski definition) is 1. The summed E-state index contributed by atoms with van der Waals surface area (Å²) in [4.78, 5) is 25.4. The molecule has 0 saturated heterocycles. The maximum atomic E-state index is 12.6. The van der Waals surface area contributed by atoms with Gasteiger partial charge in [0.15, 0.2) is 6.61 Å². The lowest BCUT2D eigenvalue weighted by Crippen LogP contribution is -2.28. The predicted octanol–water partition coefficient (Wildman–Crippen LogP) is 3.60. The second-order valence-electron chi connectivity index (χ2n) is 5.42. The first-order valence-electron chi connectivity index (χ1n) is 7.21. The largest absolute Gasteiger partial charge is 0.482 e. The number of ether oxygens (including phenoxy) is 1. The summed E-state index contributed by atoms with van der Waals surface area (Å²) in [7, 11) is 1.68. The third-order valence-electron chi connectivity index (χ3n) is 3.65. The van der Waals surface area contributed by atoms with Crippen molar-refractivity contribution < 1.29 is 14.3 Å². The van der Waals surface area contributed by atoms with Crippen LogP contribution in [0.15, 0.2) is 36.4 Å². The number of amides is 2. The quantitative estimate of drug-likeness (QED) is 0.904. The van der Waals surface area contributed by atoms with Crippen molar-refractivity contribution in [1.29, 1.82) is 0 Å². The summed E-state index contributed by atoms with van der Waals surface area (Å²) in [5.74, 6) is 0.0817. The van der Waals surface area contributed by atoms with Gasteiger partial charge >= 0.3 is 0 Å². The molecule has 0 aliphatic carbocycles. The second kappa shape index (κ2) is 6.71. The van der Waals surface area contributed by atoms with Gasteiger partial charge in [-0.1, -0.05) is 35.3 Å². The summed E-state index contributed by atoms with van der Waals surface area (Å²) < 4.78 is 5.34. The molecule has 1 aliphatic rings. The lowest BCUT2D eigenvalue weighted by Gasteiger charge is -2.21. The fourth-order valence-corrected chi connectivity index (χ4v) is 2.81. The van der Waals surface area contributed by atoms with Crippen molar-refractivity contribution in [3.05, 3.63) is 57.6 Å². The Morgan fingerprint density at radius 1 is 1.29 bits per heavy atom. The molecule has 5 nitrogen and oxygen atoms in total. The van der Waals surface area contributed by atoms with Gasteiger partial charge in [-0.2, -0.15) is 0 Å². The molecule has 0 unspecified atom stereocenters. The molecule has 7 heteroatoms. The number of fused-ring (bicyclic) bond motifs is 1. The third kappa shape index (κ3) is 3.32. The zero-order valence-electron chi connectivity index (χ0n) is 12.8. The Bertz CT molecular complexity index is 823. The molecule has 0 saturated carbocycles. The Morgan fingerprint density at radius 3 is 2.88 bits per heavy atom. The van der Waals surface area contributed by atoms with Gasteiger partial charge < -0.3 is 15.0 Å². The van der Waals surface area contributed by atoms with E-state index in [1.54, 1.807) is 42.3 Å². The molecule has 1 N–H and O–H groups in total. The zero-order valence-corrected chi connectivity index (χ0v) is 14.3. The van der Waals surface area contributed by atoms with Crippen LogP contribution >= 0.6 is 23.2 Å². The molecule has 0 bridgehead atoms. The van der Waals surface area contributed by atoms with E-state index in [1.165, 1.54) is 0 Å². The Balaban J connectivity index is 1.78. The van der Waals surface area contributed by atoms with E-state index in [2.05, 4.69) is 5.32 Å². The van der Waals surface area contributed by atoms with Crippen LogP contribution in [0.4, 0.5) is 5.69 Å². The van der Waals surface area contributed by atoms with Gasteiger partial charge in [0, 0.05) is 19.2 Å². The monoisotopic (exact) mass is 364 g/mol. The molecule has 0 aromatic heterocycles. The molecule has 2 aromatic carbocycles. The van der Waals surface area contributed by atoms with Gasteiger partial charge in [-0.3, -0.25) is 9.59 Å². The summed E-state index contributed by atoms with van der Waals surface area (Å²) in [5.41, 5.74) is 1.79. The van der Waals surface area contributed by atoms with Gasteiger partial charge in [0.05, 0.1) is 15.7 Å². The van der Waals surface area contributed by atoms with Gasteiger partial charge in [-0.05, 0) is 29.8 Å². The first-order valence-corrected chi connectivity index (χ1v) is 7.96. The van der Waals surface area contributed by atoms with E-state index < -0.39 is 0 Å². The second-order valence-corrected chi connectivity index (χ2v) is 6.21. The fourth-order valence-electron chi connectivity index (χ4n) is 2.43. The van der Waals surface area contributed by atoms with Crippen LogP contribution < -0.4 is 10.1 Å². The molecule has 0 radical (unpaired) electrons. The molecule has 2 amide bonds. The van der Waals surface area contributed by atoms with Crippen LogP contribution in [0, 0.1) is 0 Å². The van der Waals surface area contributed by atoms with Crippen molar-refractivity contribution in [2.75, 3.05) is 19.0 Å². The maximum Gasteiger partial charge on any atom is 0.262 e. The van der Waals surface area contributed by atoms with Crippen LogP contribution in [0.1, 0.15) is 15.9 Å². The van der Waals surface area contributed by atoms with Crippen molar-refractivity contribution >= 4 is 40.7 Å². The van der Waals surface area contributed by atoms with E-state index in [0.717, 1.165) is 5.56 Å². The van der Waals surface area contributed by atoms with Gasteiger partial charge in [-0.15, -0.1) is 0 Å². The van der Waals surface area contributed by atoms with Gasteiger partial charge in [0.1, 0.15) is 5.75 Å². The van der Waals surface area contributed by atoms with Crippen LogP contribution in [0.3, 0.4) is 0 Å². The Kier molecular flexibility index (Phi) is 4.64. The lowest BCUT2D eigenvalue weighted by atomic mass is 10.1. The molecule has 3 rings (SSSR count). The minimum atomic E-state index is -0.214. The number of carbonyl (C=O) groups excluding carboxylic acids is 2. The van der Waals surface area contributed by atoms with E-state index >= 15 is 0 Å². The summed E-state index contributed by atoms with van der Waals surface area (Å²) in [5, 5.41) is 3.58. The molecule has 1 heterocycles. The van der Waals surface area contributed by atoms with E-state index in [1.807, 2.05) is 6.07 Å². The highest BCUT2D eigenvalue weighted by Gasteiger charge is 2.20. The number of rotatable bonds is 3. The SMILES string of the molecule is CN(Cc1cccc(Cl)c1Cl)C(=O)c1ccc2c(c1)OCC(=O)N2. The third-order valence-corrected chi connectivity index (χ3v) is 4.51. The highest BCUT2D eigenvalue weighted by molar-refractivity contribution is 6.42. The zero-order chi connectivity index (χ0) is 17.3. The van der Waals surface area contributed by atoms with Crippen LogP contribution in [0.2, 0.25) is 10.0 Å². The smallest absolute Gasteiger partial charge is 0.262 e. The average molecular weight is 365 g/mol. The van der Waals surface area contributed by atoms with Crippen LogP contribution in [0.25, 0.3) is 0 Å². The van der Waals surface area contributed by atoms with Gasteiger partial charge in [0.2, 0.25) is 0 Å². The maximum absolute atomic E-state index is 12.6. The summed E-state index contributed by atoms with van der Waals surface area (Å²) in [6, 6.07) is 10.2. The van der Waals surface area contributed by atoms with Crippen molar-refractivity contribution in [2.24, 2.45) is 0 Å². The van der Waals surface area contributed by atoms with E-state index in [0.29, 0.717) is 33.6 Å². The predicted molar refractivity (Wildman–Crippen MR) is 92.8 cm³/mol.